The van der Waals surface area contributed by atoms with E-state index in [2.05, 4.69) is 5.32 Å². The topological polar surface area (TPSA) is 83.5 Å². The Bertz CT molecular complexity index is 525. The summed E-state index contributed by atoms with van der Waals surface area (Å²) >= 11 is 0. The fourth-order valence-corrected chi connectivity index (χ4v) is 2.44. The van der Waals surface area contributed by atoms with Crippen molar-refractivity contribution in [2.75, 3.05) is 11.6 Å². The highest BCUT2D eigenvalue weighted by molar-refractivity contribution is 7.90. The van der Waals surface area contributed by atoms with E-state index in [4.69, 9.17) is 5.11 Å². The highest BCUT2D eigenvalue weighted by Crippen LogP contribution is 2.21. The van der Waals surface area contributed by atoms with Crippen molar-refractivity contribution < 1.29 is 18.3 Å². The van der Waals surface area contributed by atoms with Gasteiger partial charge in [-0.1, -0.05) is 12.1 Å². The lowest BCUT2D eigenvalue weighted by Gasteiger charge is -2.16. The molecule has 0 saturated heterocycles. The van der Waals surface area contributed by atoms with Crippen LogP contribution >= 0.6 is 0 Å². The molecule has 5 nitrogen and oxygen atoms in total. The summed E-state index contributed by atoms with van der Waals surface area (Å²) in [7, 11) is -3.29. The van der Waals surface area contributed by atoms with E-state index in [9.17, 15) is 13.2 Å². The van der Waals surface area contributed by atoms with Crippen molar-refractivity contribution >= 4 is 21.5 Å². The van der Waals surface area contributed by atoms with Crippen LogP contribution in [0.25, 0.3) is 0 Å². The van der Waals surface area contributed by atoms with E-state index in [1.54, 1.807) is 18.2 Å². The Morgan fingerprint density at radius 1 is 1.39 bits per heavy atom. The van der Waals surface area contributed by atoms with Gasteiger partial charge in [-0.2, -0.15) is 0 Å². The van der Waals surface area contributed by atoms with Gasteiger partial charge in [-0.25, -0.2) is 8.42 Å². The Hall–Kier alpha value is -1.56. The van der Waals surface area contributed by atoms with Gasteiger partial charge in [0.05, 0.1) is 10.6 Å². The molecule has 0 bridgehead atoms. The number of rotatable bonds is 6. The van der Waals surface area contributed by atoms with E-state index in [1.807, 2.05) is 6.92 Å². The van der Waals surface area contributed by atoms with Gasteiger partial charge in [0, 0.05) is 18.7 Å². The average molecular weight is 271 g/mol. The van der Waals surface area contributed by atoms with Crippen LogP contribution in [0.4, 0.5) is 5.69 Å². The highest BCUT2D eigenvalue weighted by Gasteiger charge is 2.14. The second-order valence-electron chi connectivity index (χ2n) is 4.25. The van der Waals surface area contributed by atoms with Crippen molar-refractivity contribution in [3.05, 3.63) is 24.3 Å². The smallest absolute Gasteiger partial charge is 0.303 e. The monoisotopic (exact) mass is 271 g/mol. The van der Waals surface area contributed by atoms with Crippen LogP contribution in [0, 0.1) is 0 Å². The second kappa shape index (κ2) is 5.86. The van der Waals surface area contributed by atoms with Crippen molar-refractivity contribution in [3.63, 3.8) is 0 Å². The van der Waals surface area contributed by atoms with Gasteiger partial charge in [0.2, 0.25) is 0 Å². The van der Waals surface area contributed by atoms with Crippen molar-refractivity contribution in [2.45, 2.75) is 30.7 Å². The van der Waals surface area contributed by atoms with E-state index >= 15 is 0 Å². The van der Waals surface area contributed by atoms with Gasteiger partial charge in [0.15, 0.2) is 9.84 Å². The van der Waals surface area contributed by atoms with Gasteiger partial charge in [-0.05, 0) is 25.5 Å². The van der Waals surface area contributed by atoms with Gasteiger partial charge >= 0.3 is 5.97 Å². The van der Waals surface area contributed by atoms with E-state index < -0.39 is 15.8 Å². The SMILES string of the molecule is CC(CCC(=O)O)Nc1ccccc1S(C)(=O)=O. The number of carboxylic acid groups (broad SMARTS) is 1. The van der Waals surface area contributed by atoms with Crippen molar-refractivity contribution in [1.82, 2.24) is 0 Å². The zero-order valence-corrected chi connectivity index (χ0v) is 11.2. The number of aliphatic carboxylic acids is 1. The fraction of sp³-hybridized carbons (Fsp3) is 0.417. The first-order valence-electron chi connectivity index (χ1n) is 5.58. The number of hydrogen-bond acceptors (Lipinski definition) is 4. The van der Waals surface area contributed by atoms with Crippen LogP contribution in [-0.2, 0) is 14.6 Å². The number of carboxylic acids is 1. The standard InChI is InChI=1S/C12H17NO4S/c1-9(7-8-12(14)15)13-10-5-3-4-6-11(10)18(2,16)17/h3-6,9,13H,7-8H2,1-2H3,(H,14,15). The molecule has 0 aliphatic heterocycles. The molecule has 0 aliphatic carbocycles. The largest absolute Gasteiger partial charge is 0.481 e. The first-order chi connectivity index (χ1) is 8.30. The number of nitrogens with one attached hydrogen (secondary N) is 1. The van der Waals surface area contributed by atoms with E-state index in [-0.39, 0.29) is 17.4 Å². The van der Waals surface area contributed by atoms with Crippen molar-refractivity contribution in [1.29, 1.82) is 0 Å². The first-order valence-corrected chi connectivity index (χ1v) is 7.47. The van der Waals surface area contributed by atoms with Crippen LogP contribution < -0.4 is 5.32 Å². The maximum Gasteiger partial charge on any atom is 0.303 e. The number of sulfone groups is 1. The lowest BCUT2D eigenvalue weighted by atomic mass is 10.1. The molecule has 2 N–H and O–H groups in total. The third-order valence-electron chi connectivity index (χ3n) is 2.48. The minimum absolute atomic E-state index is 0.0508. The molecule has 1 aromatic rings. The van der Waals surface area contributed by atoms with Crippen LogP contribution in [-0.4, -0.2) is 31.8 Å². The van der Waals surface area contributed by atoms with E-state index in [1.165, 1.54) is 6.07 Å². The maximum atomic E-state index is 11.6. The van der Waals surface area contributed by atoms with Gasteiger partial charge in [-0.15, -0.1) is 0 Å². The quantitative estimate of drug-likeness (QED) is 0.823. The third kappa shape index (κ3) is 4.37. The zero-order valence-electron chi connectivity index (χ0n) is 10.4. The molecule has 0 heterocycles. The summed E-state index contributed by atoms with van der Waals surface area (Å²) in [6, 6.07) is 6.49. The van der Waals surface area contributed by atoms with Crippen molar-refractivity contribution in [3.8, 4) is 0 Å². The predicted octanol–water partition coefficient (Wildman–Crippen LogP) is 1.76. The Morgan fingerprint density at radius 2 is 2.00 bits per heavy atom. The van der Waals surface area contributed by atoms with Crippen LogP contribution in [0.1, 0.15) is 19.8 Å². The number of hydrogen-bond donors (Lipinski definition) is 2. The number of benzene rings is 1. The molecule has 0 fully saturated rings. The Labute approximate surface area is 107 Å². The van der Waals surface area contributed by atoms with Crippen LogP contribution in [0.15, 0.2) is 29.2 Å². The van der Waals surface area contributed by atoms with Gasteiger partial charge in [0.25, 0.3) is 0 Å². The number of carbonyl (C=O) groups is 1. The summed E-state index contributed by atoms with van der Waals surface area (Å²) in [5.41, 5.74) is 0.512. The van der Waals surface area contributed by atoms with Crippen LogP contribution in [0.2, 0.25) is 0 Å². The van der Waals surface area contributed by atoms with Gasteiger partial charge in [0.1, 0.15) is 0 Å². The Morgan fingerprint density at radius 3 is 2.56 bits per heavy atom. The van der Waals surface area contributed by atoms with Crippen LogP contribution in [0.5, 0.6) is 0 Å². The third-order valence-corrected chi connectivity index (χ3v) is 3.63. The molecule has 18 heavy (non-hydrogen) atoms. The van der Waals surface area contributed by atoms with Crippen LogP contribution in [0.3, 0.4) is 0 Å². The molecular formula is C12H17NO4S. The second-order valence-corrected chi connectivity index (χ2v) is 6.23. The molecule has 0 aliphatic rings. The van der Waals surface area contributed by atoms with Gasteiger partial charge < -0.3 is 10.4 Å². The average Bonchev–Trinajstić information content (AvgIpc) is 2.25. The summed E-state index contributed by atoms with van der Waals surface area (Å²) in [4.78, 5) is 10.7. The Kier molecular flexibility index (Phi) is 4.72. The van der Waals surface area contributed by atoms with E-state index in [0.29, 0.717) is 12.1 Å². The molecule has 0 radical (unpaired) electrons. The predicted molar refractivity (Wildman–Crippen MR) is 69.5 cm³/mol. The summed E-state index contributed by atoms with van der Waals surface area (Å²) in [5, 5.41) is 11.6. The van der Waals surface area contributed by atoms with E-state index in [0.717, 1.165) is 6.26 Å². The zero-order chi connectivity index (χ0) is 13.8. The first kappa shape index (κ1) is 14.5. The summed E-state index contributed by atoms with van der Waals surface area (Å²) < 4.78 is 23.1. The molecule has 1 unspecified atom stereocenters. The molecule has 100 valence electrons. The number of anilines is 1. The minimum Gasteiger partial charge on any atom is -0.481 e. The molecule has 0 amide bonds. The maximum absolute atomic E-state index is 11.6. The highest BCUT2D eigenvalue weighted by atomic mass is 32.2. The normalized spacial score (nSPS) is 13.0. The summed E-state index contributed by atoms with van der Waals surface area (Å²) in [6.07, 6.45) is 1.64. The molecule has 1 rings (SSSR count). The molecule has 1 atom stereocenters. The van der Waals surface area contributed by atoms with Gasteiger partial charge in [-0.3, -0.25) is 4.79 Å². The molecule has 6 heteroatoms. The molecule has 0 aromatic heterocycles. The fourth-order valence-electron chi connectivity index (χ4n) is 1.59. The molecule has 1 aromatic carbocycles. The summed E-state index contributed by atoms with van der Waals surface area (Å²) in [5.74, 6) is -0.861. The number of para-hydroxylation sites is 1. The molecule has 0 saturated carbocycles. The lowest BCUT2D eigenvalue weighted by molar-refractivity contribution is -0.137. The van der Waals surface area contributed by atoms with Crippen molar-refractivity contribution in [2.24, 2.45) is 0 Å². The minimum atomic E-state index is -3.29. The molecular weight excluding hydrogens is 254 g/mol. The Balaban J connectivity index is 2.82. The lowest BCUT2D eigenvalue weighted by Crippen LogP contribution is -2.18. The summed E-state index contributed by atoms with van der Waals surface area (Å²) in [6.45, 7) is 1.82. The molecule has 0 spiro atoms.